The molecule has 11 heavy (non-hydrogen) atoms. The molecule has 0 heterocycles. The Kier molecular flexibility index (Phi) is 4.37. The smallest absolute Gasteiger partial charge is 0.151 e. The number of hydrogen-bond donors (Lipinski definition) is 1. The van der Waals surface area contributed by atoms with Gasteiger partial charge < -0.3 is 5.32 Å². The highest BCUT2D eigenvalue weighted by Crippen LogP contribution is 2.03. The van der Waals surface area contributed by atoms with Crippen molar-refractivity contribution in [2.24, 2.45) is 0 Å². The molecule has 0 saturated heterocycles. The third-order valence-corrected chi connectivity index (χ3v) is 3.04. The molecule has 66 valence electrons. The lowest BCUT2D eigenvalue weighted by Crippen LogP contribution is -2.30. The molecule has 0 radical (unpaired) electrons. The van der Waals surface area contributed by atoms with Crippen molar-refractivity contribution in [2.45, 2.75) is 11.7 Å². The minimum absolute atomic E-state index is 0.329. The number of allylic oxidation sites excluding steroid dienone is 1. The van der Waals surface area contributed by atoms with Gasteiger partial charge in [-0.1, -0.05) is 6.08 Å². The predicted octanol–water partition coefficient (Wildman–Crippen LogP) is 0.195. The highest BCUT2D eigenvalue weighted by molar-refractivity contribution is 7.91. The van der Waals surface area contributed by atoms with Gasteiger partial charge in [0.25, 0.3) is 0 Å². The molecular formula is C7H15NO2S. The van der Waals surface area contributed by atoms with Crippen LogP contribution >= 0.6 is 0 Å². The van der Waals surface area contributed by atoms with Gasteiger partial charge in [0.15, 0.2) is 9.84 Å². The Balaban J connectivity index is 4.21. The normalized spacial score (nSPS) is 14.4. The Morgan fingerprint density at radius 1 is 1.64 bits per heavy atom. The fourth-order valence-corrected chi connectivity index (χ4v) is 1.78. The summed E-state index contributed by atoms with van der Waals surface area (Å²) < 4.78 is 22.0. The maximum absolute atomic E-state index is 11.0. The van der Waals surface area contributed by atoms with Crippen LogP contribution in [0.5, 0.6) is 0 Å². The van der Waals surface area contributed by atoms with Crippen LogP contribution in [0, 0.1) is 0 Å². The number of nitrogens with one attached hydrogen (secondary N) is 1. The first kappa shape index (κ1) is 10.7. The summed E-state index contributed by atoms with van der Waals surface area (Å²) in [7, 11) is -1.19. The van der Waals surface area contributed by atoms with Gasteiger partial charge in [-0.3, -0.25) is 0 Å². The van der Waals surface area contributed by atoms with Crippen LogP contribution in [0.25, 0.3) is 0 Å². The van der Waals surface area contributed by atoms with E-state index in [1.165, 1.54) is 6.26 Å². The van der Waals surface area contributed by atoms with E-state index >= 15 is 0 Å². The van der Waals surface area contributed by atoms with Gasteiger partial charge >= 0.3 is 0 Å². The largest absolute Gasteiger partial charge is 0.318 e. The van der Waals surface area contributed by atoms with E-state index < -0.39 is 9.84 Å². The molecule has 1 atom stereocenters. The Bertz CT molecular complexity index is 208. The quantitative estimate of drug-likeness (QED) is 0.610. The van der Waals surface area contributed by atoms with E-state index in [1.54, 1.807) is 13.1 Å². The van der Waals surface area contributed by atoms with E-state index in [4.69, 9.17) is 0 Å². The minimum atomic E-state index is -2.92. The zero-order valence-electron chi connectivity index (χ0n) is 7.00. The topological polar surface area (TPSA) is 46.2 Å². The van der Waals surface area contributed by atoms with Gasteiger partial charge in [-0.05, 0) is 13.5 Å². The highest BCUT2D eigenvalue weighted by atomic mass is 32.2. The monoisotopic (exact) mass is 177 g/mol. The molecule has 0 aliphatic heterocycles. The van der Waals surface area contributed by atoms with Crippen LogP contribution in [0.2, 0.25) is 0 Å². The van der Waals surface area contributed by atoms with E-state index in [-0.39, 0.29) is 5.25 Å². The Morgan fingerprint density at radius 2 is 2.18 bits per heavy atom. The zero-order chi connectivity index (χ0) is 8.91. The van der Waals surface area contributed by atoms with Gasteiger partial charge in [-0.2, -0.15) is 0 Å². The minimum Gasteiger partial charge on any atom is -0.318 e. The van der Waals surface area contributed by atoms with Crippen molar-refractivity contribution in [3.63, 3.8) is 0 Å². The second-order valence-electron chi connectivity index (χ2n) is 2.53. The molecule has 0 aromatic heterocycles. The standard InChI is InChI=1S/C7H15NO2S/c1-4-5-7(6-8-2)11(3,9)10/h4,7-8H,1,5-6H2,2-3H3. The Labute approximate surface area is 68.4 Å². The summed E-state index contributed by atoms with van der Waals surface area (Å²) in [5.74, 6) is 0. The van der Waals surface area contributed by atoms with E-state index in [2.05, 4.69) is 11.9 Å². The molecule has 0 saturated carbocycles. The summed E-state index contributed by atoms with van der Waals surface area (Å²) in [5, 5.41) is 2.50. The fourth-order valence-electron chi connectivity index (χ4n) is 0.823. The molecule has 0 aromatic carbocycles. The molecule has 0 aromatic rings. The highest BCUT2D eigenvalue weighted by Gasteiger charge is 2.17. The molecule has 0 rings (SSSR count). The second-order valence-corrected chi connectivity index (χ2v) is 4.86. The van der Waals surface area contributed by atoms with Crippen molar-refractivity contribution in [1.82, 2.24) is 5.32 Å². The summed E-state index contributed by atoms with van der Waals surface area (Å²) in [6.07, 6.45) is 3.39. The average Bonchev–Trinajstić information content (AvgIpc) is 1.85. The molecule has 3 nitrogen and oxygen atoms in total. The van der Waals surface area contributed by atoms with Crippen LogP contribution in [0.15, 0.2) is 12.7 Å². The number of rotatable bonds is 5. The van der Waals surface area contributed by atoms with E-state index in [9.17, 15) is 8.42 Å². The zero-order valence-corrected chi connectivity index (χ0v) is 7.82. The van der Waals surface area contributed by atoms with E-state index in [0.717, 1.165) is 0 Å². The summed E-state index contributed by atoms with van der Waals surface area (Å²) in [4.78, 5) is 0. The van der Waals surface area contributed by atoms with Gasteiger partial charge in [0, 0.05) is 12.8 Å². The van der Waals surface area contributed by atoms with Crippen LogP contribution in [-0.4, -0.2) is 33.5 Å². The van der Waals surface area contributed by atoms with Crippen molar-refractivity contribution in [3.05, 3.63) is 12.7 Å². The van der Waals surface area contributed by atoms with Gasteiger partial charge in [0.05, 0.1) is 5.25 Å². The molecule has 0 aliphatic rings. The molecule has 0 spiro atoms. The lowest BCUT2D eigenvalue weighted by molar-refractivity contribution is 0.578. The first-order valence-electron chi connectivity index (χ1n) is 3.46. The number of hydrogen-bond acceptors (Lipinski definition) is 3. The van der Waals surface area contributed by atoms with Crippen molar-refractivity contribution in [1.29, 1.82) is 0 Å². The maximum atomic E-state index is 11.0. The van der Waals surface area contributed by atoms with Crippen molar-refractivity contribution in [2.75, 3.05) is 19.8 Å². The van der Waals surface area contributed by atoms with Crippen LogP contribution in [0.1, 0.15) is 6.42 Å². The van der Waals surface area contributed by atoms with Crippen LogP contribution in [0.3, 0.4) is 0 Å². The third kappa shape index (κ3) is 4.16. The average molecular weight is 177 g/mol. The van der Waals surface area contributed by atoms with Crippen molar-refractivity contribution < 1.29 is 8.42 Å². The fraction of sp³-hybridized carbons (Fsp3) is 0.714. The predicted molar refractivity (Wildman–Crippen MR) is 47.4 cm³/mol. The molecule has 0 bridgehead atoms. The van der Waals surface area contributed by atoms with Gasteiger partial charge in [-0.25, -0.2) is 8.42 Å². The van der Waals surface area contributed by atoms with E-state index in [0.29, 0.717) is 13.0 Å². The molecule has 1 unspecified atom stereocenters. The molecule has 0 aliphatic carbocycles. The Hall–Kier alpha value is -0.350. The number of sulfone groups is 1. The Morgan fingerprint density at radius 3 is 2.45 bits per heavy atom. The molecule has 1 N–H and O–H groups in total. The van der Waals surface area contributed by atoms with Gasteiger partial charge in [0.1, 0.15) is 0 Å². The first-order chi connectivity index (χ1) is 5.02. The van der Waals surface area contributed by atoms with Gasteiger partial charge in [-0.15, -0.1) is 6.58 Å². The summed E-state index contributed by atoms with van der Waals surface area (Å²) >= 11 is 0. The lowest BCUT2D eigenvalue weighted by atomic mass is 10.3. The van der Waals surface area contributed by atoms with Gasteiger partial charge in [0.2, 0.25) is 0 Å². The second kappa shape index (κ2) is 4.51. The van der Waals surface area contributed by atoms with Crippen LogP contribution in [-0.2, 0) is 9.84 Å². The maximum Gasteiger partial charge on any atom is 0.151 e. The summed E-state index contributed by atoms with van der Waals surface area (Å²) in [6, 6.07) is 0. The van der Waals surface area contributed by atoms with Crippen LogP contribution < -0.4 is 5.32 Å². The summed E-state index contributed by atoms with van der Waals surface area (Å²) in [5.41, 5.74) is 0. The van der Waals surface area contributed by atoms with Crippen molar-refractivity contribution in [3.8, 4) is 0 Å². The molecular weight excluding hydrogens is 162 g/mol. The van der Waals surface area contributed by atoms with Crippen LogP contribution in [0.4, 0.5) is 0 Å². The summed E-state index contributed by atoms with van der Waals surface area (Å²) in [6.45, 7) is 3.99. The lowest BCUT2D eigenvalue weighted by Gasteiger charge is -2.11. The molecule has 0 amide bonds. The third-order valence-electron chi connectivity index (χ3n) is 1.47. The molecule has 0 fully saturated rings. The SMILES string of the molecule is C=CCC(CNC)S(C)(=O)=O. The first-order valence-corrected chi connectivity index (χ1v) is 5.42. The van der Waals surface area contributed by atoms with E-state index in [1.807, 2.05) is 0 Å². The molecule has 4 heteroatoms. The van der Waals surface area contributed by atoms with Crippen molar-refractivity contribution >= 4 is 9.84 Å².